The van der Waals surface area contributed by atoms with Gasteiger partial charge in [0.25, 0.3) is 11.8 Å². The van der Waals surface area contributed by atoms with Gasteiger partial charge in [0.2, 0.25) is 0 Å². The average molecular weight is 924 g/mol. The Bertz CT molecular complexity index is 2280. The number of aryl methyl sites for hydroxylation is 2. The van der Waals surface area contributed by atoms with Crippen LogP contribution < -0.4 is 15.4 Å². The van der Waals surface area contributed by atoms with Crippen molar-refractivity contribution < 1.29 is 26.8 Å². The Hall–Kier alpha value is -3.69. The lowest BCUT2D eigenvalue weighted by Gasteiger charge is -2.23. The van der Waals surface area contributed by atoms with Crippen molar-refractivity contribution in [3.05, 3.63) is 104 Å². The maximum Gasteiger partial charge on any atom is 0.272 e. The van der Waals surface area contributed by atoms with Gasteiger partial charge < -0.3 is 19.8 Å². The number of benzene rings is 2. The number of hydrogen-bond acceptors (Lipinski definition) is 4. The summed E-state index contributed by atoms with van der Waals surface area (Å²) in [6.45, 7) is 15.5. The molecule has 2 amide bonds. The first-order valence-corrected chi connectivity index (χ1v) is 23.2. The van der Waals surface area contributed by atoms with Crippen LogP contribution in [0.15, 0.2) is 53.2 Å². The van der Waals surface area contributed by atoms with E-state index in [1.165, 1.54) is 36.4 Å². The lowest BCUT2D eigenvalue weighted by Crippen LogP contribution is -2.35. The molecule has 0 radical (unpaired) electrons. The molecule has 0 spiro atoms. The Morgan fingerprint density at radius 2 is 1.21 bits per heavy atom. The van der Waals surface area contributed by atoms with Gasteiger partial charge >= 0.3 is 0 Å². The van der Waals surface area contributed by atoms with Crippen molar-refractivity contribution in [2.75, 3.05) is 10.6 Å². The normalized spacial score (nSPS) is 16.8. The number of carbonyl (C=O) groups is 2. The highest BCUT2D eigenvalue weighted by Gasteiger charge is 2.31. The van der Waals surface area contributed by atoms with E-state index in [2.05, 4.69) is 19.8 Å². The number of nitrogens with one attached hydrogen (secondary N) is 3. The van der Waals surface area contributed by atoms with Crippen LogP contribution in [-0.2, 0) is 48.9 Å². The van der Waals surface area contributed by atoms with E-state index < -0.39 is 38.4 Å². The van der Waals surface area contributed by atoms with Crippen molar-refractivity contribution >= 4 is 74.1 Å². The van der Waals surface area contributed by atoms with E-state index in [4.69, 9.17) is 23.2 Å². The Morgan fingerprint density at radius 3 is 1.72 bits per heavy atom. The Labute approximate surface area is 375 Å². The molecule has 0 fully saturated rings. The van der Waals surface area contributed by atoms with Crippen LogP contribution in [0.2, 0.25) is 10.0 Å². The van der Waals surface area contributed by atoms with Crippen molar-refractivity contribution in [3.63, 3.8) is 0 Å². The first kappa shape index (κ1) is 51.7. The molecule has 0 saturated carbocycles. The number of rotatable bonds is 7. The molecule has 4 aromatic rings. The monoisotopic (exact) mass is 922 g/mol. The second kappa shape index (κ2) is 22.1. The van der Waals surface area contributed by atoms with Crippen LogP contribution in [0, 0.1) is 11.6 Å². The first-order valence-electron chi connectivity index (χ1n) is 20.2. The van der Waals surface area contributed by atoms with Gasteiger partial charge in [0.1, 0.15) is 34.0 Å². The minimum Gasteiger partial charge on any atom is -0.346 e. The number of halogens is 4. The highest BCUT2D eigenvalue weighted by atomic mass is 35.5. The quantitative estimate of drug-likeness (QED) is 0.160. The molecular weight excluding hydrogens is 862 g/mol. The van der Waals surface area contributed by atoms with Gasteiger partial charge in [0.05, 0.1) is 36.2 Å². The molecule has 2 aromatic carbocycles. The molecule has 2 aromatic heterocycles. The summed E-state index contributed by atoms with van der Waals surface area (Å²) in [5.41, 5.74) is 6.51. The third kappa shape index (κ3) is 13.2. The Balaban J connectivity index is 0.000000308. The predicted molar refractivity (Wildman–Crippen MR) is 251 cm³/mol. The number of carbonyl (C=O) groups excluding carboxylic acids is 2. The number of hydrogen-bond donors (Lipinski definition) is 3. The van der Waals surface area contributed by atoms with Crippen molar-refractivity contribution in [2.24, 2.45) is 18.5 Å². The van der Waals surface area contributed by atoms with Gasteiger partial charge in [-0.3, -0.25) is 9.59 Å². The van der Waals surface area contributed by atoms with Gasteiger partial charge in [-0.15, -0.1) is 0 Å². The summed E-state index contributed by atoms with van der Waals surface area (Å²) in [5.74, 6) is -1.63. The van der Waals surface area contributed by atoms with E-state index in [0.29, 0.717) is 22.8 Å². The zero-order valence-electron chi connectivity index (χ0n) is 36.2. The summed E-state index contributed by atoms with van der Waals surface area (Å²) >= 11 is 11.6. The van der Waals surface area contributed by atoms with Crippen molar-refractivity contribution in [2.45, 2.75) is 130 Å². The maximum atomic E-state index is 13.4. The second-order valence-electron chi connectivity index (χ2n) is 16.6. The van der Waals surface area contributed by atoms with E-state index in [0.717, 1.165) is 79.3 Å². The molecule has 3 N–H and O–H groups in total. The summed E-state index contributed by atoms with van der Waals surface area (Å²) in [6, 6.07) is 8.11. The molecule has 10 nitrogen and oxygen atoms in total. The van der Waals surface area contributed by atoms with Crippen molar-refractivity contribution in [3.8, 4) is 0 Å². The average Bonchev–Trinajstić information content (AvgIpc) is 3.52. The standard InChI is InChI=1S/C21H27ClFN3O2S.C21H25ClFN3O2S.C2H6.CH4/c2*1-21(2,3)29(28)25-18-8-6-5-7-14-15(18)12-26(4)19(14)20(27)24-13-9-10-17(23)16(22)11-13;1-2;/h9-12,18,25H,5-8H2,1-4H3,(H,24,27);9-12H,5-8H2,1-4H3,(H,24,27);1-2H3;1H4/t18?,29-;29-;;/m11../s1. The summed E-state index contributed by atoms with van der Waals surface area (Å²) in [6.07, 6.45) is 10.7. The van der Waals surface area contributed by atoms with Crippen LogP contribution in [0.1, 0.15) is 151 Å². The van der Waals surface area contributed by atoms with Crippen LogP contribution >= 0.6 is 23.2 Å². The topological polar surface area (TPSA) is 127 Å². The first-order chi connectivity index (χ1) is 28.1. The van der Waals surface area contributed by atoms with Gasteiger partial charge in [0.15, 0.2) is 0 Å². The molecule has 2 heterocycles. The molecule has 3 atom stereocenters. The molecule has 1 unspecified atom stereocenters. The smallest absolute Gasteiger partial charge is 0.272 e. The Kier molecular flexibility index (Phi) is 18.7. The SMILES string of the molecule is C.CC.Cn1cc2c(c1C(=O)Nc1ccc(F)c(Cl)c1)CCCCC2=N[S@](=O)C(C)(C)C.Cn1cc2c(c1C(=O)Nc1ccc(F)c(Cl)c1)CCCCC2N[S@](=O)C(C)(C)C. The lowest BCUT2D eigenvalue weighted by molar-refractivity contribution is 0.101. The van der Waals surface area contributed by atoms with E-state index in [1.807, 2.05) is 79.4 Å². The fourth-order valence-corrected chi connectivity index (χ4v) is 8.74. The van der Waals surface area contributed by atoms with Crippen molar-refractivity contribution in [1.82, 2.24) is 13.9 Å². The number of aromatic nitrogens is 2. The van der Waals surface area contributed by atoms with Crippen LogP contribution in [-0.4, -0.2) is 44.6 Å². The minimum absolute atomic E-state index is 0. The van der Waals surface area contributed by atoms with Gasteiger partial charge in [-0.25, -0.2) is 21.9 Å². The third-order valence-electron chi connectivity index (χ3n) is 9.86. The molecule has 0 bridgehead atoms. The van der Waals surface area contributed by atoms with Gasteiger partial charge in [-0.2, -0.15) is 4.40 Å². The zero-order chi connectivity index (χ0) is 44.7. The number of nitrogens with zero attached hydrogens (tertiary/aromatic N) is 3. The highest BCUT2D eigenvalue weighted by molar-refractivity contribution is 7.85. The zero-order valence-corrected chi connectivity index (χ0v) is 39.3. The largest absolute Gasteiger partial charge is 0.346 e. The van der Waals surface area contributed by atoms with Crippen LogP contribution in [0.5, 0.6) is 0 Å². The fraction of sp³-hybridized carbons (Fsp3) is 0.489. The molecule has 0 saturated heterocycles. The predicted octanol–water partition coefficient (Wildman–Crippen LogP) is 11.6. The van der Waals surface area contributed by atoms with Crippen molar-refractivity contribution in [1.29, 1.82) is 0 Å². The lowest BCUT2D eigenvalue weighted by atomic mass is 10.0. The van der Waals surface area contributed by atoms with Gasteiger partial charge in [-0.05, 0) is 140 Å². The summed E-state index contributed by atoms with van der Waals surface area (Å²) in [7, 11) is 1.07. The van der Waals surface area contributed by atoms with Crippen LogP contribution in [0.3, 0.4) is 0 Å². The fourth-order valence-electron chi connectivity index (χ4n) is 6.86. The van der Waals surface area contributed by atoms with Gasteiger partial charge in [-0.1, -0.05) is 50.9 Å². The number of fused-ring (bicyclic) bond motifs is 2. The second-order valence-corrected chi connectivity index (χ2v) is 21.3. The molecule has 61 heavy (non-hydrogen) atoms. The highest BCUT2D eigenvalue weighted by Crippen LogP contribution is 2.34. The maximum absolute atomic E-state index is 13.4. The Morgan fingerprint density at radius 1 is 0.738 bits per heavy atom. The molecule has 2 aliphatic rings. The molecule has 336 valence electrons. The summed E-state index contributed by atoms with van der Waals surface area (Å²) in [5, 5.41) is 5.52. The third-order valence-corrected chi connectivity index (χ3v) is 13.5. The molecular formula is C45H62Cl2F2N6O4S2. The number of amides is 2. The number of anilines is 2. The molecule has 0 aliphatic heterocycles. The van der Waals surface area contributed by atoms with E-state index in [-0.39, 0.29) is 40.1 Å². The van der Waals surface area contributed by atoms with E-state index in [9.17, 15) is 26.8 Å². The van der Waals surface area contributed by atoms with Crippen LogP contribution in [0.4, 0.5) is 20.2 Å². The van der Waals surface area contributed by atoms with E-state index >= 15 is 0 Å². The van der Waals surface area contributed by atoms with Gasteiger partial charge in [0, 0.05) is 49.5 Å². The summed E-state index contributed by atoms with van der Waals surface area (Å²) < 4.78 is 62.5. The van der Waals surface area contributed by atoms with E-state index in [1.54, 1.807) is 11.6 Å². The molecule has 16 heteroatoms. The molecule has 6 rings (SSSR count). The van der Waals surface area contributed by atoms with Crippen LogP contribution in [0.25, 0.3) is 0 Å². The molecule has 2 aliphatic carbocycles. The minimum atomic E-state index is -1.37. The summed E-state index contributed by atoms with van der Waals surface area (Å²) in [4.78, 5) is 26.0.